The Morgan fingerprint density at radius 3 is 2.70 bits per heavy atom. The van der Waals surface area contributed by atoms with E-state index in [-0.39, 0.29) is 0 Å². The van der Waals surface area contributed by atoms with Gasteiger partial charge in [0.1, 0.15) is 5.65 Å². The first-order valence-corrected chi connectivity index (χ1v) is 9.67. The van der Waals surface area contributed by atoms with Gasteiger partial charge in [0.05, 0.1) is 5.69 Å². The molecule has 0 spiro atoms. The zero-order chi connectivity index (χ0) is 19.1. The molecule has 0 aliphatic heterocycles. The number of hydrogen-bond donors (Lipinski definition) is 2. The van der Waals surface area contributed by atoms with Crippen molar-refractivity contribution in [3.8, 4) is 0 Å². The molecule has 5 heteroatoms. The minimum atomic E-state index is 0.392. The molecule has 3 aromatic rings. The van der Waals surface area contributed by atoms with Gasteiger partial charge in [-0.25, -0.2) is 4.98 Å². The van der Waals surface area contributed by atoms with Crippen molar-refractivity contribution in [1.82, 2.24) is 20.0 Å². The summed E-state index contributed by atoms with van der Waals surface area (Å²) in [6.07, 6.45) is 5.01. The van der Waals surface area contributed by atoms with E-state index in [1.54, 1.807) is 0 Å². The molecule has 2 N–H and O–H groups in total. The zero-order valence-corrected chi connectivity index (χ0v) is 16.4. The molecule has 0 aliphatic rings. The lowest BCUT2D eigenvalue weighted by molar-refractivity contribution is 0.744. The minimum Gasteiger partial charge on any atom is -0.357 e. The van der Waals surface area contributed by atoms with Gasteiger partial charge >= 0.3 is 0 Å². The number of hydrogen-bond acceptors (Lipinski definition) is 2. The van der Waals surface area contributed by atoms with E-state index >= 15 is 0 Å². The van der Waals surface area contributed by atoms with Crippen molar-refractivity contribution in [1.29, 1.82) is 0 Å². The molecule has 142 valence electrons. The summed E-state index contributed by atoms with van der Waals surface area (Å²) in [5.41, 5.74) is 4.63. The smallest absolute Gasteiger partial charge is 0.191 e. The largest absolute Gasteiger partial charge is 0.357 e. The number of pyridine rings is 1. The van der Waals surface area contributed by atoms with E-state index in [2.05, 4.69) is 78.4 Å². The maximum atomic E-state index is 4.75. The van der Waals surface area contributed by atoms with Gasteiger partial charge in [0.2, 0.25) is 0 Å². The highest BCUT2D eigenvalue weighted by Crippen LogP contribution is 2.14. The molecule has 0 radical (unpaired) electrons. The third-order valence-electron chi connectivity index (χ3n) is 4.64. The lowest BCUT2D eigenvalue weighted by Crippen LogP contribution is -2.38. The molecule has 1 aromatic carbocycles. The number of rotatable bonds is 7. The molecule has 27 heavy (non-hydrogen) atoms. The fraction of sp³-hybridized carbons (Fsp3) is 0.364. The average molecular weight is 364 g/mol. The van der Waals surface area contributed by atoms with Crippen LogP contribution >= 0.6 is 0 Å². The van der Waals surface area contributed by atoms with Gasteiger partial charge in [0.25, 0.3) is 0 Å². The number of aryl methyl sites for hydroxylation is 1. The summed E-state index contributed by atoms with van der Waals surface area (Å²) in [5, 5.41) is 6.75. The maximum Gasteiger partial charge on any atom is 0.191 e. The number of aliphatic imine (C=N–C) groups is 1. The van der Waals surface area contributed by atoms with Gasteiger partial charge < -0.3 is 15.0 Å². The first-order valence-electron chi connectivity index (χ1n) is 9.67. The number of imidazole rings is 1. The highest BCUT2D eigenvalue weighted by molar-refractivity contribution is 5.79. The summed E-state index contributed by atoms with van der Waals surface area (Å²) in [7, 11) is 0. The predicted molar refractivity (Wildman–Crippen MR) is 112 cm³/mol. The summed E-state index contributed by atoms with van der Waals surface area (Å²) < 4.78 is 2.09. The molecule has 0 amide bonds. The van der Waals surface area contributed by atoms with Crippen LogP contribution in [0.2, 0.25) is 0 Å². The molecule has 3 rings (SSSR count). The molecular formula is C22H29N5. The van der Waals surface area contributed by atoms with Crippen LogP contribution in [0.3, 0.4) is 0 Å². The highest BCUT2D eigenvalue weighted by atomic mass is 15.2. The van der Waals surface area contributed by atoms with Gasteiger partial charge in [-0.15, -0.1) is 0 Å². The fourth-order valence-electron chi connectivity index (χ4n) is 3.09. The first kappa shape index (κ1) is 19.0. The summed E-state index contributed by atoms with van der Waals surface area (Å²) in [6.45, 7) is 8.79. The molecular weight excluding hydrogens is 334 g/mol. The summed E-state index contributed by atoms with van der Waals surface area (Å²) >= 11 is 0. The lowest BCUT2D eigenvalue weighted by Gasteiger charge is -2.13. The Labute approximate surface area is 161 Å². The van der Waals surface area contributed by atoms with E-state index in [1.165, 1.54) is 11.1 Å². The summed E-state index contributed by atoms with van der Waals surface area (Å²) in [4.78, 5) is 9.48. The third kappa shape index (κ3) is 5.09. The molecule has 0 saturated carbocycles. The number of nitrogens with one attached hydrogen (secondary N) is 2. The van der Waals surface area contributed by atoms with Gasteiger partial charge in [0, 0.05) is 44.4 Å². The van der Waals surface area contributed by atoms with Crippen molar-refractivity contribution >= 4 is 11.6 Å². The topological polar surface area (TPSA) is 53.7 Å². The van der Waals surface area contributed by atoms with Crippen LogP contribution in [-0.2, 0) is 6.42 Å². The van der Waals surface area contributed by atoms with Crippen molar-refractivity contribution in [3.05, 3.63) is 71.7 Å². The normalized spacial score (nSPS) is 12.9. The number of nitrogens with zero attached hydrogens (tertiary/aromatic N) is 3. The molecule has 0 saturated heterocycles. The van der Waals surface area contributed by atoms with E-state index < -0.39 is 0 Å². The standard InChI is InChI=1S/C22H29N5/c1-4-23-22(25-15-18(3)19-10-6-5-7-11-19)24-13-12-20-16-27-14-8-9-17(2)21(27)26-20/h5-11,14,16,18H,4,12-13,15H2,1-3H3,(H2,23,24,25). The Bertz CT molecular complexity index is 882. The van der Waals surface area contributed by atoms with Crippen molar-refractivity contribution in [2.75, 3.05) is 19.6 Å². The first-order chi connectivity index (χ1) is 13.2. The number of aromatic nitrogens is 2. The van der Waals surface area contributed by atoms with Crippen molar-refractivity contribution in [3.63, 3.8) is 0 Å². The number of fused-ring (bicyclic) bond motifs is 1. The van der Waals surface area contributed by atoms with Gasteiger partial charge in [0.15, 0.2) is 5.96 Å². The van der Waals surface area contributed by atoms with Gasteiger partial charge in [-0.2, -0.15) is 0 Å². The van der Waals surface area contributed by atoms with Crippen LogP contribution in [0.1, 0.15) is 36.6 Å². The molecule has 5 nitrogen and oxygen atoms in total. The highest BCUT2D eigenvalue weighted by Gasteiger charge is 2.06. The Morgan fingerprint density at radius 1 is 1.15 bits per heavy atom. The Morgan fingerprint density at radius 2 is 1.96 bits per heavy atom. The van der Waals surface area contributed by atoms with E-state index in [9.17, 15) is 0 Å². The number of guanidine groups is 1. The molecule has 2 aromatic heterocycles. The average Bonchev–Trinajstić information content (AvgIpc) is 3.11. The number of benzene rings is 1. The van der Waals surface area contributed by atoms with E-state index in [4.69, 9.17) is 9.98 Å². The van der Waals surface area contributed by atoms with Crippen LogP contribution in [0.15, 0.2) is 59.9 Å². The zero-order valence-electron chi connectivity index (χ0n) is 16.4. The van der Waals surface area contributed by atoms with E-state index in [0.717, 1.165) is 43.4 Å². The fourth-order valence-corrected chi connectivity index (χ4v) is 3.09. The second kappa shape index (κ2) is 9.21. The third-order valence-corrected chi connectivity index (χ3v) is 4.64. The molecule has 1 atom stereocenters. The Hall–Kier alpha value is -2.82. The van der Waals surface area contributed by atoms with Crippen LogP contribution in [-0.4, -0.2) is 35.0 Å². The second-order valence-electron chi connectivity index (χ2n) is 6.86. The molecule has 1 unspecified atom stereocenters. The van der Waals surface area contributed by atoms with E-state index in [1.807, 2.05) is 12.3 Å². The van der Waals surface area contributed by atoms with E-state index in [0.29, 0.717) is 5.92 Å². The van der Waals surface area contributed by atoms with Crippen LogP contribution in [0, 0.1) is 6.92 Å². The Kier molecular flexibility index (Phi) is 6.47. The second-order valence-corrected chi connectivity index (χ2v) is 6.86. The monoisotopic (exact) mass is 363 g/mol. The SMILES string of the molecule is CCNC(=NCC(C)c1ccccc1)NCCc1cn2cccc(C)c2n1. The lowest BCUT2D eigenvalue weighted by atomic mass is 10.0. The molecule has 0 aliphatic carbocycles. The van der Waals surface area contributed by atoms with Gasteiger partial charge in [-0.05, 0) is 31.0 Å². The van der Waals surface area contributed by atoms with Crippen LogP contribution in [0.4, 0.5) is 0 Å². The van der Waals surface area contributed by atoms with Crippen molar-refractivity contribution in [2.24, 2.45) is 4.99 Å². The van der Waals surface area contributed by atoms with Gasteiger partial charge in [-0.3, -0.25) is 4.99 Å². The minimum absolute atomic E-state index is 0.392. The summed E-state index contributed by atoms with van der Waals surface area (Å²) in [6, 6.07) is 14.7. The van der Waals surface area contributed by atoms with Crippen LogP contribution in [0.25, 0.3) is 5.65 Å². The molecule has 0 fully saturated rings. The molecule has 2 heterocycles. The van der Waals surface area contributed by atoms with Crippen LogP contribution < -0.4 is 10.6 Å². The molecule has 0 bridgehead atoms. The van der Waals surface area contributed by atoms with Crippen molar-refractivity contribution < 1.29 is 0 Å². The van der Waals surface area contributed by atoms with Crippen molar-refractivity contribution in [2.45, 2.75) is 33.1 Å². The Balaban J connectivity index is 1.56. The summed E-state index contributed by atoms with van der Waals surface area (Å²) in [5.74, 6) is 1.25. The quantitative estimate of drug-likeness (QED) is 0.499. The van der Waals surface area contributed by atoms with Crippen LogP contribution in [0.5, 0.6) is 0 Å². The maximum absolute atomic E-state index is 4.75. The van der Waals surface area contributed by atoms with Gasteiger partial charge in [-0.1, -0.05) is 43.3 Å². The predicted octanol–water partition coefficient (Wildman–Crippen LogP) is 3.54.